The molecule has 0 fully saturated rings. The molecule has 5 nitrogen and oxygen atoms in total. The molecule has 0 radical (unpaired) electrons. The predicted molar refractivity (Wildman–Crippen MR) is 77.2 cm³/mol. The smallest absolute Gasteiger partial charge is 0.298 e. The topological polar surface area (TPSA) is 69.4 Å². The highest BCUT2D eigenvalue weighted by molar-refractivity contribution is 5.58. The number of ether oxygens (including phenoxy) is 1. The fraction of sp³-hybridized carbons (Fsp3) is 0.533. The van der Waals surface area contributed by atoms with Crippen molar-refractivity contribution in [1.82, 2.24) is 0 Å². The molecule has 0 aliphatic rings. The van der Waals surface area contributed by atoms with Crippen molar-refractivity contribution in [3.05, 3.63) is 33.4 Å². The number of nitro benzene ring substituents is 1. The molecule has 110 valence electrons. The van der Waals surface area contributed by atoms with Crippen LogP contribution in [0.4, 0.5) is 5.69 Å². The summed E-state index contributed by atoms with van der Waals surface area (Å²) in [5, 5.41) is 11.2. The lowest BCUT2D eigenvalue weighted by molar-refractivity contribution is -0.386. The largest absolute Gasteiger partial charge is 0.428 e. The highest BCUT2D eigenvalue weighted by Crippen LogP contribution is 2.40. The van der Waals surface area contributed by atoms with E-state index in [2.05, 4.69) is 0 Å². The van der Waals surface area contributed by atoms with E-state index in [1.807, 2.05) is 41.5 Å². The van der Waals surface area contributed by atoms with Crippen molar-refractivity contribution in [2.45, 2.75) is 52.4 Å². The minimum absolute atomic E-state index is 0.0256. The number of rotatable bonds is 3. The highest BCUT2D eigenvalue weighted by atomic mass is 16.6. The van der Waals surface area contributed by atoms with Crippen LogP contribution in [-0.2, 0) is 15.6 Å². The molecule has 1 aromatic rings. The van der Waals surface area contributed by atoms with Crippen LogP contribution < -0.4 is 4.74 Å². The Hall–Kier alpha value is -1.91. The molecule has 0 unspecified atom stereocenters. The van der Waals surface area contributed by atoms with Crippen molar-refractivity contribution in [1.29, 1.82) is 0 Å². The summed E-state index contributed by atoms with van der Waals surface area (Å²) in [6.07, 6.45) is 0. The first-order chi connectivity index (χ1) is 8.98. The Labute approximate surface area is 119 Å². The molecule has 0 aliphatic heterocycles. The van der Waals surface area contributed by atoms with Gasteiger partial charge in [0.05, 0.1) is 11.0 Å². The monoisotopic (exact) mass is 279 g/mol. The van der Waals surface area contributed by atoms with Crippen molar-refractivity contribution < 1.29 is 14.5 Å². The normalized spacial score (nSPS) is 12.1. The number of carbonyl (C=O) groups excluding carboxylic acids is 1. The maximum Gasteiger partial charge on any atom is 0.298 e. The third-order valence-electron chi connectivity index (χ3n) is 3.09. The van der Waals surface area contributed by atoms with Crippen LogP contribution in [0.3, 0.4) is 0 Å². The average molecular weight is 279 g/mol. The van der Waals surface area contributed by atoms with E-state index in [1.165, 1.54) is 6.07 Å². The number of benzene rings is 1. The first-order valence-corrected chi connectivity index (χ1v) is 6.42. The standard InChI is InChI=1S/C15H21NO4/c1-14(2,3)10-7-11(15(4,5)6)13(20-9-17)8-12(10)16(18)19/h7-9H,1-6H3. The van der Waals surface area contributed by atoms with Crippen LogP contribution in [0.5, 0.6) is 5.75 Å². The number of nitro groups is 1. The van der Waals surface area contributed by atoms with Crippen LogP contribution in [0, 0.1) is 10.1 Å². The molecule has 0 N–H and O–H groups in total. The van der Waals surface area contributed by atoms with Crippen LogP contribution in [-0.4, -0.2) is 11.4 Å². The van der Waals surface area contributed by atoms with E-state index in [-0.39, 0.29) is 22.3 Å². The maximum absolute atomic E-state index is 11.2. The fourth-order valence-corrected chi connectivity index (χ4v) is 2.06. The Bertz CT molecular complexity index is 536. The van der Waals surface area contributed by atoms with E-state index in [0.29, 0.717) is 12.0 Å². The van der Waals surface area contributed by atoms with Gasteiger partial charge in [-0.3, -0.25) is 14.9 Å². The summed E-state index contributed by atoms with van der Waals surface area (Å²) in [5.41, 5.74) is 0.725. The zero-order chi connectivity index (χ0) is 15.7. The molecule has 20 heavy (non-hydrogen) atoms. The molecular formula is C15H21NO4. The lowest BCUT2D eigenvalue weighted by Crippen LogP contribution is -2.19. The Morgan fingerprint density at radius 2 is 1.55 bits per heavy atom. The summed E-state index contributed by atoms with van der Waals surface area (Å²) in [6, 6.07) is 3.12. The van der Waals surface area contributed by atoms with Gasteiger partial charge < -0.3 is 4.74 Å². The molecule has 0 aliphatic carbocycles. The zero-order valence-electron chi connectivity index (χ0n) is 12.8. The van der Waals surface area contributed by atoms with Gasteiger partial charge in [0.1, 0.15) is 5.75 Å². The van der Waals surface area contributed by atoms with Crippen LogP contribution in [0.2, 0.25) is 0 Å². The van der Waals surface area contributed by atoms with E-state index in [1.54, 1.807) is 6.07 Å². The van der Waals surface area contributed by atoms with E-state index in [9.17, 15) is 14.9 Å². The summed E-state index contributed by atoms with van der Waals surface area (Å²) < 4.78 is 4.94. The number of hydrogen-bond donors (Lipinski definition) is 0. The second-order valence-electron chi connectivity index (χ2n) is 6.84. The molecule has 5 heteroatoms. The summed E-state index contributed by atoms with van der Waals surface area (Å²) in [7, 11) is 0. The SMILES string of the molecule is CC(C)(C)c1cc(C(C)(C)C)c([N+](=O)[O-])cc1OC=O. The third-order valence-corrected chi connectivity index (χ3v) is 3.09. The Morgan fingerprint density at radius 1 is 1.05 bits per heavy atom. The zero-order valence-corrected chi connectivity index (χ0v) is 12.8. The molecule has 0 atom stereocenters. The molecule has 0 aromatic heterocycles. The number of carbonyl (C=O) groups is 1. The van der Waals surface area contributed by atoms with Gasteiger partial charge in [-0.15, -0.1) is 0 Å². The molecule has 1 aromatic carbocycles. The van der Waals surface area contributed by atoms with Gasteiger partial charge >= 0.3 is 0 Å². The molecular weight excluding hydrogens is 258 g/mol. The van der Waals surface area contributed by atoms with Crippen molar-refractivity contribution in [2.24, 2.45) is 0 Å². The quantitative estimate of drug-likeness (QED) is 0.480. The van der Waals surface area contributed by atoms with Gasteiger partial charge in [0.25, 0.3) is 12.2 Å². The number of hydrogen-bond acceptors (Lipinski definition) is 4. The molecule has 0 bridgehead atoms. The Balaban J connectivity index is 3.69. The van der Waals surface area contributed by atoms with Gasteiger partial charge in [0.15, 0.2) is 0 Å². The summed E-state index contributed by atoms with van der Waals surface area (Å²) in [4.78, 5) is 21.4. The Morgan fingerprint density at radius 3 is 1.90 bits per heavy atom. The second kappa shape index (κ2) is 5.23. The van der Waals surface area contributed by atoms with E-state index >= 15 is 0 Å². The van der Waals surface area contributed by atoms with Gasteiger partial charge in [0.2, 0.25) is 0 Å². The number of nitrogens with zero attached hydrogens (tertiary/aromatic N) is 1. The third kappa shape index (κ3) is 3.35. The minimum atomic E-state index is -0.440. The molecule has 0 saturated carbocycles. The first-order valence-electron chi connectivity index (χ1n) is 6.42. The molecule has 0 amide bonds. The highest BCUT2D eigenvalue weighted by Gasteiger charge is 2.30. The van der Waals surface area contributed by atoms with E-state index in [0.717, 1.165) is 5.56 Å². The fourth-order valence-electron chi connectivity index (χ4n) is 2.06. The molecule has 0 saturated heterocycles. The predicted octanol–water partition coefficient (Wildman–Crippen LogP) is 3.73. The van der Waals surface area contributed by atoms with Gasteiger partial charge in [-0.1, -0.05) is 41.5 Å². The van der Waals surface area contributed by atoms with Crippen LogP contribution in [0.25, 0.3) is 0 Å². The van der Waals surface area contributed by atoms with Crippen LogP contribution >= 0.6 is 0 Å². The summed E-state index contributed by atoms with van der Waals surface area (Å²) in [6.45, 7) is 12.0. The average Bonchev–Trinajstić information content (AvgIpc) is 2.25. The maximum atomic E-state index is 11.2. The first kappa shape index (κ1) is 16.1. The lowest BCUT2D eigenvalue weighted by Gasteiger charge is -2.26. The van der Waals surface area contributed by atoms with Crippen LogP contribution in [0.1, 0.15) is 52.7 Å². The van der Waals surface area contributed by atoms with Crippen molar-refractivity contribution in [3.63, 3.8) is 0 Å². The lowest BCUT2D eigenvalue weighted by atomic mass is 9.79. The van der Waals surface area contributed by atoms with E-state index in [4.69, 9.17) is 4.74 Å². The van der Waals surface area contributed by atoms with Crippen molar-refractivity contribution in [2.75, 3.05) is 0 Å². The molecule has 0 spiro atoms. The van der Waals surface area contributed by atoms with Gasteiger partial charge in [-0.2, -0.15) is 0 Å². The minimum Gasteiger partial charge on any atom is -0.428 e. The summed E-state index contributed by atoms with van der Waals surface area (Å²) in [5.74, 6) is 0.243. The van der Waals surface area contributed by atoms with Gasteiger partial charge in [0, 0.05) is 11.1 Å². The van der Waals surface area contributed by atoms with Crippen molar-refractivity contribution >= 4 is 12.2 Å². The van der Waals surface area contributed by atoms with Crippen molar-refractivity contribution in [3.8, 4) is 5.75 Å². The van der Waals surface area contributed by atoms with Gasteiger partial charge in [-0.05, 0) is 16.9 Å². The molecule has 0 heterocycles. The second-order valence-corrected chi connectivity index (χ2v) is 6.84. The summed E-state index contributed by atoms with van der Waals surface area (Å²) >= 11 is 0. The van der Waals surface area contributed by atoms with Crippen LogP contribution in [0.15, 0.2) is 12.1 Å². The molecule has 1 rings (SSSR count). The van der Waals surface area contributed by atoms with E-state index < -0.39 is 4.92 Å². The van der Waals surface area contributed by atoms with Gasteiger partial charge in [-0.25, -0.2) is 0 Å². The Kier molecular flexibility index (Phi) is 4.22.